The van der Waals surface area contributed by atoms with Crippen molar-refractivity contribution in [2.75, 3.05) is 11.9 Å². The van der Waals surface area contributed by atoms with Gasteiger partial charge < -0.3 is 10.1 Å². The lowest BCUT2D eigenvalue weighted by Crippen LogP contribution is -2.13. The van der Waals surface area contributed by atoms with E-state index in [0.29, 0.717) is 12.3 Å². The van der Waals surface area contributed by atoms with Gasteiger partial charge in [-0.25, -0.2) is 18.7 Å². The molecule has 1 amide bonds. The molecule has 0 fully saturated rings. The van der Waals surface area contributed by atoms with Gasteiger partial charge in [0.05, 0.1) is 24.7 Å². The summed E-state index contributed by atoms with van der Waals surface area (Å²) in [6.45, 7) is 2.22. The van der Waals surface area contributed by atoms with Gasteiger partial charge in [0.15, 0.2) is 11.6 Å². The van der Waals surface area contributed by atoms with Gasteiger partial charge in [-0.1, -0.05) is 0 Å². The Bertz CT molecular complexity index is 618. The molecular formula is C13H11F2N3O2. The van der Waals surface area contributed by atoms with Crippen molar-refractivity contribution >= 4 is 11.6 Å². The molecule has 0 saturated carbocycles. The smallest absolute Gasteiger partial charge is 0.316 e. The van der Waals surface area contributed by atoms with E-state index in [4.69, 9.17) is 4.74 Å². The van der Waals surface area contributed by atoms with Crippen molar-refractivity contribution in [1.82, 2.24) is 9.97 Å². The van der Waals surface area contributed by atoms with E-state index in [1.54, 1.807) is 6.92 Å². The maximum Gasteiger partial charge on any atom is 0.316 e. The number of nitrogens with zero attached hydrogens (tertiary/aromatic N) is 2. The van der Waals surface area contributed by atoms with Crippen molar-refractivity contribution < 1.29 is 18.3 Å². The van der Waals surface area contributed by atoms with E-state index < -0.39 is 17.5 Å². The minimum Gasteiger partial charge on any atom is -0.464 e. The molecule has 1 N–H and O–H groups in total. The molecule has 2 aromatic rings. The number of benzene rings is 1. The summed E-state index contributed by atoms with van der Waals surface area (Å²) < 4.78 is 30.8. The van der Waals surface area contributed by atoms with E-state index in [9.17, 15) is 13.6 Å². The molecule has 0 unspecified atom stereocenters. The average Bonchev–Trinajstić information content (AvgIpc) is 2.44. The highest BCUT2D eigenvalue weighted by molar-refractivity contribution is 6.04. The van der Waals surface area contributed by atoms with Crippen molar-refractivity contribution in [3.8, 4) is 6.01 Å². The lowest BCUT2D eigenvalue weighted by Gasteiger charge is -2.06. The molecule has 5 nitrogen and oxygen atoms in total. The standard InChI is InChI=1S/C13H11F2N3O2/c1-2-20-13-16-6-9(7-17-13)18-12(19)8-3-4-10(14)11(15)5-8/h3-7H,2H2,1H3,(H,18,19). The maximum absolute atomic E-state index is 13.0. The predicted molar refractivity (Wildman–Crippen MR) is 67.5 cm³/mol. The van der Waals surface area contributed by atoms with Gasteiger partial charge in [-0.05, 0) is 25.1 Å². The number of rotatable bonds is 4. The number of hydrogen-bond donors (Lipinski definition) is 1. The van der Waals surface area contributed by atoms with Crippen LogP contribution in [0.1, 0.15) is 17.3 Å². The Labute approximate surface area is 113 Å². The van der Waals surface area contributed by atoms with E-state index in [1.165, 1.54) is 18.5 Å². The fourth-order valence-electron chi connectivity index (χ4n) is 1.43. The third kappa shape index (κ3) is 3.25. The first-order valence-corrected chi connectivity index (χ1v) is 5.81. The second kappa shape index (κ2) is 6.05. The van der Waals surface area contributed by atoms with Gasteiger partial charge in [0.1, 0.15) is 0 Å². The molecule has 0 atom stereocenters. The van der Waals surface area contributed by atoms with Crippen molar-refractivity contribution in [2.45, 2.75) is 6.92 Å². The lowest BCUT2D eigenvalue weighted by molar-refractivity contribution is 0.102. The summed E-state index contributed by atoms with van der Waals surface area (Å²) in [5.41, 5.74) is 0.320. The Morgan fingerprint density at radius 2 is 1.95 bits per heavy atom. The zero-order chi connectivity index (χ0) is 14.5. The SMILES string of the molecule is CCOc1ncc(NC(=O)c2ccc(F)c(F)c2)cn1. The van der Waals surface area contributed by atoms with Crippen LogP contribution >= 0.6 is 0 Å². The summed E-state index contributed by atoms with van der Waals surface area (Å²) in [6, 6.07) is 3.08. The van der Waals surface area contributed by atoms with Crippen LogP contribution in [0.25, 0.3) is 0 Å². The van der Waals surface area contributed by atoms with Crippen molar-refractivity contribution in [3.05, 3.63) is 47.8 Å². The minimum absolute atomic E-state index is 0.00205. The second-order valence-corrected chi connectivity index (χ2v) is 3.77. The Hall–Kier alpha value is -2.57. The lowest BCUT2D eigenvalue weighted by atomic mass is 10.2. The number of carbonyl (C=O) groups excluding carboxylic acids is 1. The summed E-state index contributed by atoms with van der Waals surface area (Å²) in [7, 11) is 0. The molecule has 104 valence electrons. The highest BCUT2D eigenvalue weighted by Gasteiger charge is 2.10. The fraction of sp³-hybridized carbons (Fsp3) is 0.154. The summed E-state index contributed by atoms with van der Waals surface area (Å²) in [4.78, 5) is 19.5. The first-order valence-electron chi connectivity index (χ1n) is 5.81. The van der Waals surface area contributed by atoms with Gasteiger partial charge in [-0.15, -0.1) is 0 Å². The van der Waals surface area contributed by atoms with Gasteiger partial charge in [-0.2, -0.15) is 0 Å². The van der Waals surface area contributed by atoms with E-state index in [1.807, 2.05) is 0 Å². The zero-order valence-electron chi connectivity index (χ0n) is 10.6. The molecular weight excluding hydrogens is 268 g/mol. The van der Waals surface area contributed by atoms with E-state index in [-0.39, 0.29) is 11.6 Å². The molecule has 0 aliphatic rings. The number of hydrogen-bond acceptors (Lipinski definition) is 4. The van der Waals surface area contributed by atoms with E-state index >= 15 is 0 Å². The van der Waals surface area contributed by atoms with Gasteiger partial charge in [0.2, 0.25) is 0 Å². The molecule has 1 aromatic heterocycles. The number of halogens is 2. The summed E-state index contributed by atoms with van der Waals surface area (Å²) in [5, 5.41) is 2.47. The summed E-state index contributed by atoms with van der Waals surface area (Å²) >= 11 is 0. The molecule has 1 aromatic carbocycles. The molecule has 1 heterocycles. The molecule has 0 saturated heterocycles. The monoisotopic (exact) mass is 279 g/mol. The predicted octanol–water partition coefficient (Wildman–Crippen LogP) is 2.41. The second-order valence-electron chi connectivity index (χ2n) is 3.77. The van der Waals surface area contributed by atoms with Crippen LogP contribution in [0.4, 0.5) is 14.5 Å². The Morgan fingerprint density at radius 1 is 1.25 bits per heavy atom. The quantitative estimate of drug-likeness (QED) is 0.933. The normalized spacial score (nSPS) is 10.2. The van der Waals surface area contributed by atoms with E-state index in [0.717, 1.165) is 12.1 Å². The highest BCUT2D eigenvalue weighted by atomic mass is 19.2. The summed E-state index contributed by atoms with van der Waals surface area (Å²) in [6.07, 6.45) is 2.71. The third-order valence-electron chi connectivity index (χ3n) is 2.34. The number of aromatic nitrogens is 2. The first kappa shape index (κ1) is 13.9. The van der Waals surface area contributed by atoms with Crippen LogP contribution in [0.15, 0.2) is 30.6 Å². The Morgan fingerprint density at radius 3 is 2.55 bits per heavy atom. The topological polar surface area (TPSA) is 64.1 Å². The number of ether oxygens (including phenoxy) is 1. The van der Waals surface area contributed by atoms with Crippen LogP contribution in [-0.2, 0) is 0 Å². The summed E-state index contributed by atoms with van der Waals surface area (Å²) in [5.74, 6) is -2.68. The largest absolute Gasteiger partial charge is 0.464 e. The van der Waals surface area contributed by atoms with Gasteiger partial charge >= 0.3 is 6.01 Å². The molecule has 0 aliphatic heterocycles. The van der Waals surface area contributed by atoms with Crippen LogP contribution in [0, 0.1) is 11.6 Å². The molecule has 2 rings (SSSR count). The first-order chi connectivity index (χ1) is 9.60. The zero-order valence-corrected chi connectivity index (χ0v) is 10.6. The molecule has 0 spiro atoms. The van der Waals surface area contributed by atoms with E-state index in [2.05, 4.69) is 15.3 Å². The molecule has 7 heteroatoms. The van der Waals surface area contributed by atoms with Crippen molar-refractivity contribution in [3.63, 3.8) is 0 Å². The minimum atomic E-state index is -1.08. The number of anilines is 1. The van der Waals surface area contributed by atoms with Crippen LogP contribution in [0.2, 0.25) is 0 Å². The molecule has 0 radical (unpaired) electrons. The maximum atomic E-state index is 13.0. The molecule has 0 bridgehead atoms. The molecule has 20 heavy (non-hydrogen) atoms. The third-order valence-corrected chi connectivity index (χ3v) is 2.34. The average molecular weight is 279 g/mol. The van der Waals surface area contributed by atoms with Crippen molar-refractivity contribution in [1.29, 1.82) is 0 Å². The van der Waals surface area contributed by atoms with Crippen LogP contribution < -0.4 is 10.1 Å². The Kier molecular flexibility index (Phi) is 4.19. The fourth-order valence-corrected chi connectivity index (χ4v) is 1.43. The molecule has 0 aliphatic carbocycles. The van der Waals surface area contributed by atoms with Gasteiger partial charge in [0, 0.05) is 5.56 Å². The van der Waals surface area contributed by atoms with Gasteiger partial charge in [0.25, 0.3) is 5.91 Å². The van der Waals surface area contributed by atoms with Crippen molar-refractivity contribution in [2.24, 2.45) is 0 Å². The highest BCUT2D eigenvalue weighted by Crippen LogP contribution is 2.12. The van der Waals surface area contributed by atoms with Crippen LogP contribution in [-0.4, -0.2) is 22.5 Å². The number of nitrogens with one attached hydrogen (secondary N) is 1. The number of amides is 1. The Balaban J connectivity index is 2.08. The van der Waals surface area contributed by atoms with Crippen LogP contribution in [0.3, 0.4) is 0 Å². The number of carbonyl (C=O) groups is 1. The van der Waals surface area contributed by atoms with Crippen LogP contribution in [0.5, 0.6) is 6.01 Å². The van der Waals surface area contributed by atoms with Gasteiger partial charge in [-0.3, -0.25) is 4.79 Å².